The Morgan fingerprint density at radius 2 is 1.74 bits per heavy atom. The molecule has 3 rings (SSSR count). The number of hydrogen-bond acceptors (Lipinski definition) is 5. The van der Waals surface area contributed by atoms with E-state index in [0.29, 0.717) is 18.7 Å². The first-order chi connectivity index (χ1) is 15.0. The van der Waals surface area contributed by atoms with E-state index < -0.39 is 0 Å². The molecular weight excluding hydrogens is 390 g/mol. The quantitative estimate of drug-likeness (QED) is 0.471. The molecule has 0 fully saturated rings. The number of methoxy groups -OCH3 is 2. The van der Waals surface area contributed by atoms with Crippen molar-refractivity contribution in [2.75, 3.05) is 20.8 Å². The first-order valence-electron chi connectivity index (χ1n) is 10.4. The van der Waals surface area contributed by atoms with E-state index in [0.717, 1.165) is 28.2 Å². The molecule has 0 aliphatic rings. The molecule has 0 saturated heterocycles. The standard InChI is InChI=1S/C26H29NO4/c1-5-31-26(28)21-12-10-20(11-13-21)24-15-19(9-14-25(24)30-4)17-27-18(2)22-7-6-8-23(16-22)29-3/h6-16,18,27H,5,17H2,1-4H3. The second kappa shape index (κ2) is 10.6. The average molecular weight is 420 g/mol. The van der Waals surface area contributed by atoms with Crippen LogP contribution < -0.4 is 14.8 Å². The molecule has 0 radical (unpaired) electrons. The largest absolute Gasteiger partial charge is 0.497 e. The van der Waals surface area contributed by atoms with Gasteiger partial charge in [0.05, 0.1) is 26.4 Å². The summed E-state index contributed by atoms with van der Waals surface area (Å²) in [5.74, 6) is 1.32. The van der Waals surface area contributed by atoms with Crippen molar-refractivity contribution in [1.29, 1.82) is 0 Å². The van der Waals surface area contributed by atoms with Gasteiger partial charge in [-0.2, -0.15) is 0 Å². The molecule has 0 aliphatic carbocycles. The Bertz CT molecular complexity index is 1010. The van der Waals surface area contributed by atoms with Crippen molar-refractivity contribution in [1.82, 2.24) is 5.32 Å². The summed E-state index contributed by atoms with van der Waals surface area (Å²) in [7, 11) is 3.34. The van der Waals surface area contributed by atoms with Crippen LogP contribution >= 0.6 is 0 Å². The molecule has 0 bridgehead atoms. The predicted octanol–water partition coefficient (Wildman–Crippen LogP) is 5.40. The minimum Gasteiger partial charge on any atom is -0.497 e. The van der Waals surface area contributed by atoms with E-state index in [1.54, 1.807) is 33.3 Å². The molecule has 0 spiro atoms. The SMILES string of the molecule is CCOC(=O)c1ccc(-c2cc(CNC(C)c3cccc(OC)c3)ccc2OC)cc1. The number of esters is 1. The maximum Gasteiger partial charge on any atom is 0.338 e. The van der Waals surface area contributed by atoms with Crippen molar-refractivity contribution in [3.8, 4) is 22.6 Å². The van der Waals surface area contributed by atoms with Crippen LogP contribution in [-0.2, 0) is 11.3 Å². The number of ether oxygens (including phenoxy) is 3. The molecule has 0 amide bonds. The molecule has 0 heterocycles. The zero-order valence-corrected chi connectivity index (χ0v) is 18.5. The van der Waals surface area contributed by atoms with Gasteiger partial charge in [-0.15, -0.1) is 0 Å². The Hall–Kier alpha value is -3.31. The molecule has 3 aromatic carbocycles. The van der Waals surface area contributed by atoms with Gasteiger partial charge in [0.15, 0.2) is 0 Å². The minimum absolute atomic E-state index is 0.171. The number of rotatable bonds is 9. The number of carbonyl (C=O) groups excluding carboxylic acids is 1. The van der Waals surface area contributed by atoms with Crippen molar-refractivity contribution in [3.05, 3.63) is 83.4 Å². The summed E-state index contributed by atoms with van der Waals surface area (Å²) in [6.07, 6.45) is 0. The molecule has 1 N–H and O–H groups in total. The normalized spacial score (nSPS) is 11.6. The fourth-order valence-corrected chi connectivity index (χ4v) is 3.39. The van der Waals surface area contributed by atoms with Gasteiger partial charge < -0.3 is 19.5 Å². The Kier molecular flexibility index (Phi) is 7.68. The van der Waals surface area contributed by atoms with E-state index in [4.69, 9.17) is 14.2 Å². The van der Waals surface area contributed by atoms with E-state index in [1.807, 2.05) is 36.4 Å². The average Bonchev–Trinajstić information content (AvgIpc) is 2.82. The van der Waals surface area contributed by atoms with Gasteiger partial charge in [-0.25, -0.2) is 4.79 Å². The summed E-state index contributed by atoms with van der Waals surface area (Å²) < 4.78 is 16.0. The van der Waals surface area contributed by atoms with Crippen LogP contribution in [0.15, 0.2) is 66.7 Å². The van der Waals surface area contributed by atoms with Gasteiger partial charge in [-0.1, -0.05) is 30.3 Å². The lowest BCUT2D eigenvalue weighted by atomic mass is 10.00. The van der Waals surface area contributed by atoms with Crippen LogP contribution in [0.5, 0.6) is 11.5 Å². The molecule has 0 aromatic heterocycles. The summed E-state index contributed by atoms with van der Waals surface area (Å²) in [6.45, 7) is 4.99. The van der Waals surface area contributed by atoms with Crippen molar-refractivity contribution in [2.45, 2.75) is 26.4 Å². The van der Waals surface area contributed by atoms with Crippen LogP contribution in [0, 0.1) is 0 Å². The molecule has 1 atom stereocenters. The lowest BCUT2D eigenvalue weighted by molar-refractivity contribution is 0.0526. The maximum atomic E-state index is 11.9. The lowest BCUT2D eigenvalue weighted by Gasteiger charge is -2.17. The summed E-state index contributed by atoms with van der Waals surface area (Å²) in [4.78, 5) is 11.9. The molecular formula is C26H29NO4. The summed E-state index contributed by atoms with van der Waals surface area (Å²) >= 11 is 0. The minimum atomic E-state index is -0.314. The van der Waals surface area contributed by atoms with Gasteiger partial charge in [0.2, 0.25) is 0 Å². The van der Waals surface area contributed by atoms with Gasteiger partial charge in [0.25, 0.3) is 0 Å². The molecule has 162 valence electrons. The Balaban J connectivity index is 1.76. The summed E-state index contributed by atoms with van der Waals surface area (Å²) in [6, 6.07) is 21.8. The van der Waals surface area contributed by atoms with Crippen molar-refractivity contribution in [3.63, 3.8) is 0 Å². The van der Waals surface area contributed by atoms with Gasteiger partial charge in [0, 0.05) is 18.2 Å². The Morgan fingerprint density at radius 3 is 2.42 bits per heavy atom. The number of carbonyl (C=O) groups is 1. The molecule has 5 heteroatoms. The highest BCUT2D eigenvalue weighted by Crippen LogP contribution is 2.31. The molecule has 3 aromatic rings. The van der Waals surface area contributed by atoms with E-state index in [1.165, 1.54) is 5.56 Å². The highest BCUT2D eigenvalue weighted by molar-refractivity contribution is 5.90. The van der Waals surface area contributed by atoms with Crippen molar-refractivity contribution in [2.24, 2.45) is 0 Å². The molecule has 31 heavy (non-hydrogen) atoms. The van der Waals surface area contributed by atoms with Crippen molar-refractivity contribution < 1.29 is 19.0 Å². The second-order valence-electron chi connectivity index (χ2n) is 7.21. The highest BCUT2D eigenvalue weighted by Gasteiger charge is 2.11. The fourth-order valence-electron chi connectivity index (χ4n) is 3.39. The number of nitrogens with one attached hydrogen (secondary N) is 1. The van der Waals surface area contributed by atoms with Crippen LogP contribution in [0.3, 0.4) is 0 Å². The lowest BCUT2D eigenvalue weighted by Crippen LogP contribution is -2.18. The first-order valence-corrected chi connectivity index (χ1v) is 10.4. The topological polar surface area (TPSA) is 56.8 Å². The van der Waals surface area contributed by atoms with E-state index in [9.17, 15) is 4.79 Å². The van der Waals surface area contributed by atoms with E-state index in [-0.39, 0.29) is 12.0 Å². The first kappa shape index (κ1) is 22.4. The summed E-state index contributed by atoms with van der Waals surface area (Å²) in [5, 5.41) is 3.56. The van der Waals surface area contributed by atoms with Crippen LogP contribution in [0.2, 0.25) is 0 Å². The maximum absolute atomic E-state index is 11.9. The third-order valence-electron chi connectivity index (χ3n) is 5.18. The fraction of sp³-hybridized carbons (Fsp3) is 0.269. The zero-order valence-electron chi connectivity index (χ0n) is 18.5. The summed E-state index contributed by atoms with van der Waals surface area (Å²) in [5.41, 5.74) is 4.80. The van der Waals surface area contributed by atoms with Crippen LogP contribution in [0.4, 0.5) is 0 Å². The van der Waals surface area contributed by atoms with Gasteiger partial charge >= 0.3 is 5.97 Å². The number of hydrogen-bond donors (Lipinski definition) is 1. The van der Waals surface area contributed by atoms with Crippen LogP contribution in [0.1, 0.15) is 41.4 Å². The van der Waals surface area contributed by atoms with Gasteiger partial charge in [0.1, 0.15) is 11.5 Å². The van der Waals surface area contributed by atoms with E-state index >= 15 is 0 Å². The zero-order chi connectivity index (χ0) is 22.2. The third-order valence-corrected chi connectivity index (χ3v) is 5.18. The third kappa shape index (κ3) is 5.64. The Morgan fingerprint density at radius 1 is 0.968 bits per heavy atom. The molecule has 0 aliphatic heterocycles. The predicted molar refractivity (Wildman–Crippen MR) is 123 cm³/mol. The van der Waals surface area contributed by atoms with Gasteiger partial charge in [-0.05, 0) is 66.9 Å². The second-order valence-corrected chi connectivity index (χ2v) is 7.21. The van der Waals surface area contributed by atoms with Crippen molar-refractivity contribution >= 4 is 5.97 Å². The monoisotopic (exact) mass is 419 g/mol. The van der Waals surface area contributed by atoms with Crippen LogP contribution in [0.25, 0.3) is 11.1 Å². The number of benzene rings is 3. The van der Waals surface area contributed by atoms with E-state index in [2.05, 4.69) is 30.4 Å². The molecule has 0 saturated carbocycles. The smallest absolute Gasteiger partial charge is 0.338 e. The van der Waals surface area contributed by atoms with Gasteiger partial charge in [-0.3, -0.25) is 0 Å². The Labute approximate surface area is 184 Å². The van der Waals surface area contributed by atoms with Crippen LogP contribution in [-0.4, -0.2) is 26.8 Å². The molecule has 5 nitrogen and oxygen atoms in total. The molecule has 1 unspecified atom stereocenters. The highest BCUT2D eigenvalue weighted by atomic mass is 16.5.